The number of ether oxygens (including phenoxy) is 1. The summed E-state index contributed by atoms with van der Waals surface area (Å²) >= 11 is 0. The van der Waals surface area contributed by atoms with Crippen molar-refractivity contribution in [2.75, 3.05) is 12.0 Å². The molecule has 0 aromatic carbocycles. The van der Waals surface area contributed by atoms with Gasteiger partial charge in [-0.2, -0.15) is 0 Å². The normalized spacial score (nSPS) is 20.3. The van der Waals surface area contributed by atoms with Crippen molar-refractivity contribution in [1.82, 2.24) is 20.0 Å². The van der Waals surface area contributed by atoms with E-state index in [-0.39, 0.29) is 11.8 Å². The first-order valence-electron chi connectivity index (χ1n) is 10.3. The average Bonchev–Trinajstić information content (AvgIpc) is 3.05. The number of hydrogen-bond acceptors (Lipinski definition) is 5. The summed E-state index contributed by atoms with van der Waals surface area (Å²) in [5, 5.41) is 0. The van der Waals surface area contributed by atoms with Crippen molar-refractivity contribution in [1.29, 1.82) is 0 Å². The topological polar surface area (TPSA) is 81.1 Å². The Balaban J connectivity index is 1.54. The molecule has 1 fully saturated rings. The molecule has 1 aliphatic carbocycles. The lowest BCUT2D eigenvalue weighted by atomic mass is 9.80. The monoisotopic (exact) mass is 403 g/mol. The lowest BCUT2D eigenvalue weighted by molar-refractivity contribution is -0.127. The highest BCUT2D eigenvalue weighted by Crippen LogP contribution is 2.29. The molecular formula is C20H33N5O2Si. The minimum absolute atomic E-state index is 0.0439. The second-order valence-electron chi connectivity index (χ2n) is 9.08. The first-order chi connectivity index (χ1) is 13.3. The Morgan fingerprint density at radius 1 is 1.32 bits per heavy atom. The van der Waals surface area contributed by atoms with Crippen LogP contribution in [0.15, 0.2) is 18.5 Å². The number of amides is 1. The largest absolute Gasteiger partial charge is 0.361 e. The Morgan fingerprint density at radius 2 is 2.11 bits per heavy atom. The number of hydrazine groups is 1. The maximum atomic E-state index is 12.4. The van der Waals surface area contributed by atoms with E-state index >= 15 is 0 Å². The van der Waals surface area contributed by atoms with E-state index in [0.717, 1.165) is 43.1 Å². The third-order valence-corrected chi connectivity index (χ3v) is 7.16. The molecule has 0 radical (unpaired) electrons. The minimum Gasteiger partial charge on any atom is -0.361 e. The van der Waals surface area contributed by atoms with Crippen molar-refractivity contribution in [2.45, 2.75) is 65.0 Å². The predicted octanol–water partition coefficient (Wildman–Crippen LogP) is 4.01. The number of fused-ring (bicyclic) bond motifs is 1. The van der Waals surface area contributed by atoms with Crippen LogP contribution in [-0.4, -0.2) is 35.1 Å². The van der Waals surface area contributed by atoms with Crippen LogP contribution in [0.4, 0.5) is 5.82 Å². The Kier molecular flexibility index (Phi) is 6.72. The third-order valence-electron chi connectivity index (χ3n) is 5.45. The molecule has 3 rings (SSSR count). The number of hydrogen-bond donors (Lipinski definition) is 2. The van der Waals surface area contributed by atoms with Crippen molar-refractivity contribution in [2.24, 2.45) is 11.8 Å². The zero-order valence-corrected chi connectivity index (χ0v) is 18.5. The van der Waals surface area contributed by atoms with E-state index in [1.165, 1.54) is 6.42 Å². The SMILES string of the molecule is CC1CCCCC1C(=O)NNc1cnc2c(ccn2COCC[Si](C)(C)C)n1. The second kappa shape index (κ2) is 9.04. The fourth-order valence-corrected chi connectivity index (χ4v) is 4.35. The first kappa shape index (κ1) is 20.8. The summed E-state index contributed by atoms with van der Waals surface area (Å²) in [4.78, 5) is 21.5. The average molecular weight is 404 g/mol. The fraction of sp³-hybridized carbons (Fsp3) is 0.650. The van der Waals surface area contributed by atoms with Gasteiger partial charge in [0.15, 0.2) is 11.5 Å². The van der Waals surface area contributed by atoms with E-state index < -0.39 is 8.07 Å². The maximum absolute atomic E-state index is 12.4. The molecule has 154 valence electrons. The van der Waals surface area contributed by atoms with Crippen LogP contribution in [0, 0.1) is 11.8 Å². The maximum Gasteiger partial charge on any atom is 0.241 e. The quantitative estimate of drug-likeness (QED) is 0.395. The van der Waals surface area contributed by atoms with Crippen LogP contribution in [-0.2, 0) is 16.3 Å². The summed E-state index contributed by atoms with van der Waals surface area (Å²) in [5.41, 5.74) is 7.29. The summed E-state index contributed by atoms with van der Waals surface area (Å²) in [7, 11) is -1.08. The van der Waals surface area contributed by atoms with Gasteiger partial charge in [0.25, 0.3) is 0 Å². The zero-order chi connectivity index (χ0) is 20.1. The van der Waals surface area contributed by atoms with Crippen LogP contribution in [0.2, 0.25) is 25.7 Å². The van der Waals surface area contributed by atoms with E-state index in [1.807, 2.05) is 16.8 Å². The van der Waals surface area contributed by atoms with Gasteiger partial charge in [-0.05, 0) is 30.9 Å². The Labute approximate surface area is 168 Å². The van der Waals surface area contributed by atoms with Crippen LogP contribution in [0.1, 0.15) is 32.6 Å². The van der Waals surface area contributed by atoms with Gasteiger partial charge in [0.05, 0.1) is 6.20 Å². The summed E-state index contributed by atoms with van der Waals surface area (Å²) in [6, 6.07) is 3.06. The van der Waals surface area contributed by atoms with E-state index in [0.29, 0.717) is 18.5 Å². The summed E-state index contributed by atoms with van der Waals surface area (Å²) < 4.78 is 7.76. The molecule has 2 heterocycles. The van der Waals surface area contributed by atoms with Crippen molar-refractivity contribution in [3.05, 3.63) is 18.5 Å². The van der Waals surface area contributed by atoms with Crippen molar-refractivity contribution >= 4 is 31.0 Å². The number of anilines is 1. The third kappa shape index (κ3) is 5.54. The van der Waals surface area contributed by atoms with Crippen molar-refractivity contribution in [3.63, 3.8) is 0 Å². The van der Waals surface area contributed by atoms with E-state index in [4.69, 9.17) is 4.74 Å². The van der Waals surface area contributed by atoms with Gasteiger partial charge in [-0.1, -0.05) is 39.4 Å². The molecule has 2 N–H and O–H groups in total. The van der Waals surface area contributed by atoms with Gasteiger partial charge < -0.3 is 9.30 Å². The van der Waals surface area contributed by atoms with Crippen molar-refractivity contribution in [3.8, 4) is 0 Å². The molecule has 2 atom stereocenters. The van der Waals surface area contributed by atoms with Gasteiger partial charge in [-0.25, -0.2) is 9.97 Å². The molecule has 2 aromatic heterocycles. The molecule has 2 unspecified atom stereocenters. The molecule has 0 spiro atoms. The van der Waals surface area contributed by atoms with Crippen LogP contribution >= 0.6 is 0 Å². The van der Waals surface area contributed by atoms with Gasteiger partial charge >= 0.3 is 0 Å². The molecule has 2 aromatic rings. The Hall–Kier alpha value is -1.93. The number of aromatic nitrogens is 3. The van der Waals surface area contributed by atoms with Crippen LogP contribution < -0.4 is 10.9 Å². The van der Waals surface area contributed by atoms with E-state index in [1.54, 1.807) is 6.20 Å². The van der Waals surface area contributed by atoms with Gasteiger partial charge in [0.1, 0.15) is 12.2 Å². The Morgan fingerprint density at radius 3 is 2.86 bits per heavy atom. The molecule has 8 heteroatoms. The highest BCUT2D eigenvalue weighted by molar-refractivity contribution is 6.76. The number of nitrogens with zero attached hydrogens (tertiary/aromatic N) is 3. The first-order valence-corrected chi connectivity index (χ1v) is 14.0. The number of carbonyl (C=O) groups excluding carboxylic acids is 1. The van der Waals surface area contributed by atoms with Crippen LogP contribution in [0.3, 0.4) is 0 Å². The lowest BCUT2D eigenvalue weighted by Crippen LogP contribution is -2.39. The molecule has 1 amide bonds. The number of carbonyl (C=O) groups is 1. The van der Waals surface area contributed by atoms with E-state index in [2.05, 4.69) is 47.4 Å². The molecule has 0 saturated heterocycles. The fourth-order valence-electron chi connectivity index (χ4n) is 3.59. The van der Waals surface area contributed by atoms with Crippen molar-refractivity contribution < 1.29 is 9.53 Å². The highest BCUT2D eigenvalue weighted by Gasteiger charge is 2.27. The van der Waals surface area contributed by atoms with Crippen LogP contribution in [0.5, 0.6) is 0 Å². The predicted molar refractivity (Wildman–Crippen MR) is 115 cm³/mol. The minimum atomic E-state index is -1.08. The van der Waals surface area contributed by atoms with E-state index in [9.17, 15) is 4.79 Å². The summed E-state index contributed by atoms with van der Waals surface area (Å²) in [5.74, 6) is 1.09. The van der Waals surface area contributed by atoms with Gasteiger partial charge in [0.2, 0.25) is 5.91 Å². The molecule has 0 aliphatic heterocycles. The molecule has 1 aliphatic rings. The Bertz CT molecular complexity index is 801. The second-order valence-corrected chi connectivity index (χ2v) is 14.7. The molecule has 1 saturated carbocycles. The summed E-state index contributed by atoms with van der Waals surface area (Å²) in [6.45, 7) is 10.4. The lowest BCUT2D eigenvalue weighted by Gasteiger charge is -2.27. The van der Waals surface area contributed by atoms with Gasteiger partial charge in [-0.15, -0.1) is 0 Å². The molecule has 28 heavy (non-hydrogen) atoms. The van der Waals surface area contributed by atoms with Gasteiger partial charge in [-0.3, -0.25) is 15.6 Å². The molecule has 7 nitrogen and oxygen atoms in total. The van der Waals surface area contributed by atoms with Gasteiger partial charge in [0, 0.05) is 26.8 Å². The highest BCUT2D eigenvalue weighted by atomic mass is 28.3. The standard InChI is InChI=1S/C20H33N5O2Si/c1-15-7-5-6-8-16(15)20(26)24-23-18-13-21-19-17(22-18)9-10-25(19)14-27-11-12-28(2,3)4/h9-10,13,15-16H,5-8,11-12,14H2,1-4H3,(H,22,23)(H,24,26). The number of nitrogens with one attached hydrogen (secondary N) is 2. The summed E-state index contributed by atoms with van der Waals surface area (Å²) in [6.07, 6.45) is 8.01. The zero-order valence-electron chi connectivity index (χ0n) is 17.5. The molecule has 0 bridgehead atoms. The van der Waals surface area contributed by atoms with Crippen LogP contribution in [0.25, 0.3) is 11.2 Å². The molecular weight excluding hydrogens is 370 g/mol. The number of rotatable bonds is 8. The smallest absolute Gasteiger partial charge is 0.241 e.